The van der Waals surface area contributed by atoms with E-state index in [0.717, 1.165) is 25.1 Å². The van der Waals surface area contributed by atoms with Gasteiger partial charge in [-0.05, 0) is 19.0 Å². The van der Waals surface area contributed by atoms with Gasteiger partial charge >= 0.3 is 0 Å². The maximum atomic E-state index is 13.2. The molecule has 1 aliphatic heterocycles. The van der Waals surface area contributed by atoms with Crippen LogP contribution in [0, 0.1) is 5.82 Å². The molecule has 64 valence electrons. The van der Waals surface area contributed by atoms with Crippen LogP contribution in [0.5, 0.6) is 0 Å². The number of halogens is 1. The molecule has 1 N–H and O–H groups in total. The maximum absolute atomic E-state index is 13.2. The summed E-state index contributed by atoms with van der Waals surface area (Å²) in [5, 5.41) is 3.20. The van der Waals surface area contributed by atoms with Gasteiger partial charge in [-0.15, -0.1) is 0 Å². The number of pyridine rings is 1. The van der Waals surface area contributed by atoms with Crippen LogP contribution in [0.4, 0.5) is 4.39 Å². The van der Waals surface area contributed by atoms with Crippen molar-refractivity contribution in [2.24, 2.45) is 0 Å². The first-order chi connectivity index (χ1) is 5.88. The second kappa shape index (κ2) is 3.19. The largest absolute Gasteiger partial charge is 0.316 e. The first kappa shape index (κ1) is 7.68. The van der Waals surface area contributed by atoms with Crippen LogP contribution in [0.3, 0.4) is 0 Å². The van der Waals surface area contributed by atoms with Gasteiger partial charge in [0.25, 0.3) is 0 Å². The van der Waals surface area contributed by atoms with Crippen molar-refractivity contribution in [3.8, 4) is 0 Å². The van der Waals surface area contributed by atoms with Gasteiger partial charge in [-0.25, -0.2) is 4.39 Å². The molecule has 2 nitrogen and oxygen atoms in total. The number of hydrogen-bond acceptors (Lipinski definition) is 2. The van der Waals surface area contributed by atoms with Gasteiger partial charge in [0.1, 0.15) is 5.82 Å². The normalized spacial score (nSPS) is 22.9. The van der Waals surface area contributed by atoms with Crippen LogP contribution in [0.1, 0.15) is 17.9 Å². The van der Waals surface area contributed by atoms with Gasteiger partial charge in [0.05, 0.1) is 0 Å². The van der Waals surface area contributed by atoms with Crippen LogP contribution in [0.15, 0.2) is 18.5 Å². The Balaban J connectivity index is 2.26. The fourth-order valence-electron chi connectivity index (χ4n) is 1.61. The molecule has 0 saturated carbocycles. The van der Waals surface area contributed by atoms with E-state index < -0.39 is 0 Å². The number of rotatable bonds is 1. The van der Waals surface area contributed by atoms with Crippen molar-refractivity contribution in [2.45, 2.75) is 12.3 Å². The molecule has 0 aromatic carbocycles. The highest BCUT2D eigenvalue weighted by atomic mass is 19.1. The van der Waals surface area contributed by atoms with Crippen molar-refractivity contribution < 1.29 is 4.39 Å². The standard InChI is InChI=1S/C9H11FN2/c10-9-2-4-12-6-8(9)7-1-3-11-5-7/h2,4,6-7,11H,1,3,5H2/t7-/m0/s1. The molecule has 2 rings (SSSR count). The summed E-state index contributed by atoms with van der Waals surface area (Å²) < 4.78 is 13.2. The van der Waals surface area contributed by atoms with Crippen LogP contribution < -0.4 is 5.32 Å². The average molecular weight is 166 g/mol. The molecule has 1 atom stereocenters. The predicted octanol–water partition coefficient (Wildman–Crippen LogP) is 1.30. The van der Waals surface area contributed by atoms with Gasteiger partial charge in [-0.2, -0.15) is 0 Å². The summed E-state index contributed by atoms with van der Waals surface area (Å²) >= 11 is 0. The van der Waals surface area contributed by atoms with Crippen LogP contribution in [-0.2, 0) is 0 Å². The highest BCUT2D eigenvalue weighted by molar-refractivity contribution is 5.18. The van der Waals surface area contributed by atoms with E-state index in [9.17, 15) is 4.39 Å². The first-order valence-electron chi connectivity index (χ1n) is 4.18. The van der Waals surface area contributed by atoms with Crippen molar-refractivity contribution in [3.63, 3.8) is 0 Å². The molecule has 12 heavy (non-hydrogen) atoms. The minimum Gasteiger partial charge on any atom is -0.316 e. The molecule has 1 fully saturated rings. The minimum atomic E-state index is -0.126. The van der Waals surface area contributed by atoms with E-state index in [1.807, 2.05) is 0 Å². The summed E-state index contributed by atoms with van der Waals surface area (Å²) in [5.41, 5.74) is 0.752. The second-order valence-electron chi connectivity index (χ2n) is 3.09. The Morgan fingerprint density at radius 2 is 2.50 bits per heavy atom. The van der Waals surface area contributed by atoms with E-state index >= 15 is 0 Å². The number of nitrogens with zero attached hydrogens (tertiary/aromatic N) is 1. The minimum absolute atomic E-state index is 0.126. The molecule has 2 heterocycles. The summed E-state index contributed by atoms with van der Waals surface area (Å²) in [5.74, 6) is 0.192. The fourth-order valence-corrected chi connectivity index (χ4v) is 1.61. The van der Waals surface area contributed by atoms with Crippen LogP contribution >= 0.6 is 0 Å². The molecular weight excluding hydrogens is 155 g/mol. The molecule has 0 aliphatic carbocycles. The van der Waals surface area contributed by atoms with Gasteiger partial charge in [0.15, 0.2) is 0 Å². The molecule has 1 aromatic heterocycles. The lowest BCUT2D eigenvalue weighted by Crippen LogP contribution is -2.09. The van der Waals surface area contributed by atoms with E-state index in [0.29, 0.717) is 5.92 Å². The first-order valence-corrected chi connectivity index (χ1v) is 4.18. The Kier molecular flexibility index (Phi) is 2.04. The predicted molar refractivity (Wildman–Crippen MR) is 44.4 cm³/mol. The molecule has 0 spiro atoms. The van der Waals surface area contributed by atoms with Crippen molar-refractivity contribution in [2.75, 3.05) is 13.1 Å². The van der Waals surface area contributed by atoms with Gasteiger partial charge in [-0.3, -0.25) is 4.98 Å². The third kappa shape index (κ3) is 1.32. The summed E-state index contributed by atoms with van der Waals surface area (Å²) in [6.45, 7) is 1.86. The summed E-state index contributed by atoms with van der Waals surface area (Å²) in [7, 11) is 0. The number of aromatic nitrogens is 1. The van der Waals surface area contributed by atoms with Crippen LogP contribution in [0.25, 0.3) is 0 Å². The zero-order valence-corrected chi connectivity index (χ0v) is 6.76. The third-order valence-electron chi connectivity index (χ3n) is 2.30. The Bertz CT molecular complexity index is 269. The zero-order valence-electron chi connectivity index (χ0n) is 6.76. The maximum Gasteiger partial charge on any atom is 0.129 e. The Labute approximate surface area is 70.8 Å². The molecule has 3 heteroatoms. The topological polar surface area (TPSA) is 24.9 Å². The Hall–Kier alpha value is -0.960. The van der Waals surface area contributed by atoms with Crippen molar-refractivity contribution in [1.82, 2.24) is 10.3 Å². The number of nitrogens with one attached hydrogen (secondary N) is 1. The zero-order chi connectivity index (χ0) is 8.39. The molecule has 1 saturated heterocycles. The van der Waals surface area contributed by atoms with E-state index in [4.69, 9.17) is 0 Å². The van der Waals surface area contributed by atoms with Crippen molar-refractivity contribution in [3.05, 3.63) is 29.8 Å². The molecule has 0 radical (unpaired) electrons. The molecule has 0 bridgehead atoms. The molecule has 0 unspecified atom stereocenters. The monoisotopic (exact) mass is 166 g/mol. The SMILES string of the molecule is Fc1ccncc1[C@H]1CCNC1. The van der Waals surface area contributed by atoms with E-state index in [2.05, 4.69) is 10.3 Å². The fraction of sp³-hybridized carbons (Fsp3) is 0.444. The average Bonchev–Trinajstić information content (AvgIpc) is 2.57. The lowest BCUT2D eigenvalue weighted by Gasteiger charge is -2.07. The smallest absolute Gasteiger partial charge is 0.129 e. The second-order valence-corrected chi connectivity index (χ2v) is 3.09. The summed E-state index contributed by atoms with van der Waals surface area (Å²) in [4.78, 5) is 3.92. The van der Waals surface area contributed by atoms with E-state index in [1.54, 1.807) is 6.20 Å². The molecular formula is C9H11FN2. The lowest BCUT2D eigenvalue weighted by molar-refractivity contribution is 0.584. The molecule has 1 aliphatic rings. The highest BCUT2D eigenvalue weighted by Crippen LogP contribution is 2.23. The summed E-state index contributed by atoms with van der Waals surface area (Å²) in [6, 6.07) is 1.42. The Morgan fingerprint density at radius 3 is 3.17 bits per heavy atom. The molecule has 1 aromatic rings. The lowest BCUT2D eigenvalue weighted by atomic mass is 10.0. The van der Waals surface area contributed by atoms with Crippen molar-refractivity contribution in [1.29, 1.82) is 0 Å². The van der Waals surface area contributed by atoms with E-state index in [1.165, 1.54) is 12.3 Å². The van der Waals surface area contributed by atoms with Crippen LogP contribution in [0.2, 0.25) is 0 Å². The van der Waals surface area contributed by atoms with Crippen molar-refractivity contribution >= 4 is 0 Å². The quantitative estimate of drug-likeness (QED) is 0.680. The van der Waals surface area contributed by atoms with Crippen LogP contribution in [-0.4, -0.2) is 18.1 Å². The van der Waals surface area contributed by atoms with Gasteiger partial charge in [0, 0.05) is 30.4 Å². The Morgan fingerprint density at radius 1 is 1.58 bits per heavy atom. The number of hydrogen-bond donors (Lipinski definition) is 1. The van der Waals surface area contributed by atoms with Gasteiger partial charge in [0.2, 0.25) is 0 Å². The summed E-state index contributed by atoms with van der Waals surface area (Å²) in [6.07, 6.45) is 4.14. The van der Waals surface area contributed by atoms with Gasteiger partial charge in [-0.1, -0.05) is 0 Å². The highest BCUT2D eigenvalue weighted by Gasteiger charge is 2.19. The van der Waals surface area contributed by atoms with E-state index in [-0.39, 0.29) is 5.82 Å². The third-order valence-corrected chi connectivity index (χ3v) is 2.30. The molecule has 0 amide bonds. The van der Waals surface area contributed by atoms with Gasteiger partial charge < -0.3 is 5.32 Å².